The summed E-state index contributed by atoms with van der Waals surface area (Å²) < 4.78 is 5.53. The molecule has 1 unspecified atom stereocenters. The first-order valence-corrected chi connectivity index (χ1v) is 6.03. The van der Waals surface area contributed by atoms with Crippen LogP contribution in [0.4, 0.5) is 0 Å². The zero-order chi connectivity index (χ0) is 10.4. The normalized spacial score (nSPS) is 19.7. The lowest BCUT2D eigenvalue weighted by Crippen LogP contribution is -2.37. The fourth-order valence-electron chi connectivity index (χ4n) is 1.59. The summed E-state index contributed by atoms with van der Waals surface area (Å²) in [5.41, 5.74) is 0. The predicted octanol–water partition coefficient (Wildman–Crippen LogP) is 2.58. The van der Waals surface area contributed by atoms with Crippen LogP contribution in [0, 0.1) is 5.92 Å². The molecular weight excluding hydrogens is 174 g/mol. The molecule has 2 heteroatoms. The topological polar surface area (TPSA) is 21.3 Å². The summed E-state index contributed by atoms with van der Waals surface area (Å²) in [4.78, 5) is 0. The van der Waals surface area contributed by atoms with E-state index in [9.17, 15) is 0 Å². The second kappa shape index (κ2) is 6.41. The van der Waals surface area contributed by atoms with Crippen molar-refractivity contribution in [3.63, 3.8) is 0 Å². The van der Waals surface area contributed by atoms with E-state index < -0.39 is 0 Å². The van der Waals surface area contributed by atoms with Gasteiger partial charge in [0.15, 0.2) is 0 Å². The maximum atomic E-state index is 5.53. The zero-order valence-electron chi connectivity index (χ0n) is 9.88. The summed E-state index contributed by atoms with van der Waals surface area (Å²) >= 11 is 0. The average Bonchev–Trinajstić information content (AvgIpc) is 2.00. The van der Waals surface area contributed by atoms with Gasteiger partial charge in [-0.05, 0) is 45.6 Å². The van der Waals surface area contributed by atoms with Gasteiger partial charge in [0.05, 0.1) is 6.10 Å². The van der Waals surface area contributed by atoms with Crippen LogP contribution in [0.15, 0.2) is 0 Å². The molecule has 14 heavy (non-hydrogen) atoms. The molecule has 0 radical (unpaired) electrons. The molecule has 0 bridgehead atoms. The SMILES string of the molecule is CC(CCOC(C)C)CNC1CCC1. The van der Waals surface area contributed by atoms with Gasteiger partial charge in [-0.3, -0.25) is 0 Å². The molecule has 1 N–H and O–H groups in total. The van der Waals surface area contributed by atoms with Gasteiger partial charge >= 0.3 is 0 Å². The zero-order valence-corrected chi connectivity index (χ0v) is 9.88. The molecule has 1 saturated carbocycles. The first-order valence-electron chi connectivity index (χ1n) is 6.03. The summed E-state index contributed by atoms with van der Waals surface area (Å²) in [7, 11) is 0. The second-order valence-electron chi connectivity index (χ2n) is 4.85. The third-order valence-electron chi connectivity index (χ3n) is 2.92. The molecule has 1 atom stereocenters. The molecular formula is C12H25NO. The Morgan fingerprint density at radius 2 is 2.00 bits per heavy atom. The van der Waals surface area contributed by atoms with E-state index in [-0.39, 0.29) is 0 Å². The van der Waals surface area contributed by atoms with E-state index in [4.69, 9.17) is 4.74 Å². The van der Waals surface area contributed by atoms with Gasteiger partial charge in [0.2, 0.25) is 0 Å². The van der Waals surface area contributed by atoms with E-state index in [0.29, 0.717) is 6.10 Å². The van der Waals surface area contributed by atoms with Gasteiger partial charge in [-0.15, -0.1) is 0 Å². The van der Waals surface area contributed by atoms with Crippen molar-refractivity contribution in [2.24, 2.45) is 5.92 Å². The highest BCUT2D eigenvalue weighted by Gasteiger charge is 2.16. The van der Waals surface area contributed by atoms with E-state index in [1.54, 1.807) is 0 Å². The van der Waals surface area contributed by atoms with Crippen molar-refractivity contribution in [1.82, 2.24) is 5.32 Å². The first kappa shape index (κ1) is 12.0. The Labute approximate surface area is 88.4 Å². The minimum atomic E-state index is 0.377. The maximum absolute atomic E-state index is 5.53. The van der Waals surface area contributed by atoms with Crippen LogP contribution in [0.25, 0.3) is 0 Å². The molecule has 0 saturated heterocycles. The number of hydrogen-bond acceptors (Lipinski definition) is 2. The fraction of sp³-hybridized carbons (Fsp3) is 1.00. The van der Waals surface area contributed by atoms with Crippen molar-refractivity contribution < 1.29 is 4.74 Å². The van der Waals surface area contributed by atoms with Crippen LogP contribution < -0.4 is 5.32 Å². The summed E-state index contributed by atoms with van der Waals surface area (Å²) in [6.07, 6.45) is 5.74. The molecule has 2 nitrogen and oxygen atoms in total. The maximum Gasteiger partial charge on any atom is 0.0518 e. The highest BCUT2D eigenvalue weighted by molar-refractivity contribution is 4.76. The first-order chi connectivity index (χ1) is 6.68. The molecule has 0 heterocycles. The van der Waals surface area contributed by atoms with Crippen molar-refractivity contribution >= 4 is 0 Å². The summed E-state index contributed by atoms with van der Waals surface area (Å²) in [5, 5.41) is 3.60. The van der Waals surface area contributed by atoms with E-state index >= 15 is 0 Å². The van der Waals surface area contributed by atoms with Crippen molar-refractivity contribution in [2.45, 2.75) is 58.6 Å². The second-order valence-corrected chi connectivity index (χ2v) is 4.85. The Hall–Kier alpha value is -0.0800. The number of hydrogen-bond donors (Lipinski definition) is 1. The quantitative estimate of drug-likeness (QED) is 0.680. The molecule has 84 valence electrons. The molecule has 0 aliphatic heterocycles. The molecule has 0 aromatic rings. The standard InChI is InChI=1S/C12H25NO/c1-10(2)14-8-7-11(3)9-13-12-5-4-6-12/h10-13H,4-9H2,1-3H3. The van der Waals surface area contributed by atoms with E-state index in [1.165, 1.54) is 25.7 Å². The lowest BCUT2D eigenvalue weighted by atomic mass is 9.92. The van der Waals surface area contributed by atoms with Gasteiger partial charge in [0.25, 0.3) is 0 Å². The molecule has 1 aliphatic rings. The van der Waals surface area contributed by atoms with Crippen LogP contribution in [0.3, 0.4) is 0 Å². The molecule has 0 amide bonds. The lowest BCUT2D eigenvalue weighted by Gasteiger charge is -2.28. The van der Waals surface area contributed by atoms with Crippen LogP contribution >= 0.6 is 0 Å². The van der Waals surface area contributed by atoms with Gasteiger partial charge < -0.3 is 10.1 Å². The van der Waals surface area contributed by atoms with Gasteiger partial charge in [-0.1, -0.05) is 13.3 Å². The minimum Gasteiger partial charge on any atom is -0.379 e. The Bertz CT molecular complexity index is 143. The third kappa shape index (κ3) is 4.97. The van der Waals surface area contributed by atoms with Gasteiger partial charge in [0.1, 0.15) is 0 Å². The molecule has 1 rings (SSSR count). The molecule has 0 aromatic heterocycles. The molecule has 1 fully saturated rings. The minimum absolute atomic E-state index is 0.377. The lowest BCUT2D eigenvalue weighted by molar-refractivity contribution is 0.0692. The smallest absolute Gasteiger partial charge is 0.0518 e. The Balaban J connectivity index is 1.89. The van der Waals surface area contributed by atoms with Crippen LogP contribution in [0.1, 0.15) is 46.5 Å². The highest BCUT2D eigenvalue weighted by atomic mass is 16.5. The highest BCUT2D eigenvalue weighted by Crippen LogP contribution is 2.18. The van der Waals surface area contributed by atoms with Gasteiger partial charge in [-0.2, -0.15) is 0 Å². The Kier molecular flexibility index (Phi) is 5.49. The Morgan fingerprint density at radius 1 is 1.29 bits per heavy atom. The van der Waals surface area contributed by atoms with Crippen molar-refractivity contribution in [2.75, 3.05) is 13.2 Å². The van der Waals surface area contributed by atoms with Crippen LogP contribution in [-0.4, -0.2) is 25.3 Å². The summed E-state index contributed by atoms with van der Waals surface area (Å²) in [5.74, 6) is 0.745. The summed E-state index contributed by atoms with van der Waals surface area (Å²) in [6, 6.07) is 0.823. The molecule has 0 spiro atoms. The average molecular weight is 199 g/mol. The largest absolute Gasteiger partial charge is 0.379 e. The molecule has 1 aliphatic carbocycles. The van der Waals surface area contributed by atoms with Gasteiger partial charge in [0, 0.05) is 12.6 Å². The number of ether oxygens (including phenoxy) is 1. The van der Waals surface area contributed by atoms with E-state index in [1.807, 2.05) is 0 Å². The predicted molar refractivity (Wildman–Crippen MR) is 60.5 cm³/mol. The van der Waals surface area contributed by atoms with Crippen molar-refractivity contribution in [3.05, 3.63) is 0 Å². The Morgan fingerprint density at radius 3 is 2.50 bits per heavy atom. The third-order valence-corrected chi connectivity index (χ3v) is 2.92. The van der Waals surface area contributed by atoms with Crippen LogP contribution in [0.2, 0.25) is 0 Å². The fourth-order valence-corrected chi connectivity index (χ4v) is 1.59. The van der Waals surface area contributed by atoms with E-state index in [0.717, 1.165) is 25.1 Å². The summed E-state index contributed by atoms with van der Waals surface area (Å²) in [6.45, 7) is 8.56. The van der Waals surface area contributed by atoms with Crippen molar-refractivity contribution in [3.8, 4) is 0 Å². The van der Waals surface area contributed by atoms with E-state index in [2.05, 4.69) is 26.1 Å². The number of rotatable bonds is 7. The van der Waals surface area contributed by atoms with Gasteiger partial charge in [-0.25, -0.2) is 0 Å². The van der Waals surface area contributed by atoms with Crippen LogP contribution in [0.5, 0.6) is 0 Å². The van der Waals surface area contributed by atoms with Crippen molar-refractivity contribution in [1.29, 1.82) is 0 Å². The molecule has 0 aromatic carbocycles. The van der Waals surface area contributed by atoms with Crippen LogP contribution in [-0.2, 0) is 4.74 Å². The monoisotopic (exact) mass is 199 g/mol. The number of nitrogens with one attached hydrogen (secondary N) is 1.